The Hall–Kier alpha value is -2.38. The Labute approximate surface area is 151 Å². The fraction of sp³-hybridized carbons (Fsp3) is 0.353. The molecule has 1 saturated heterocycles. The van der Waals surface area contributed by atoms with Crippen LogP contribution in [0.15, 0.2) is 43.0 Å². The maximum absolute atomic E-state index is 12.3. The van der Waals surface area contributed by atoms with Crippen molar-refractivity contribution < 1.29 is 4.79 Å². The van der Waals surface area contributed by atoms with E-state index in [-0.39, 0.29) is 18.3 Å². The molecule has 4 rings (SSSR count). The van der Waals surface area contributed by atoms with Gasteiger partial charge in [-0.15, -0.1) is 12.4 Å². The first-order chi connectivity index (χ1) is 11.8. The van der Waals surface area contributed by atoms with Crippen LogP contribution < -0.4 is 10.6 Å². The number of fused-ring (bicyclic) bond motifs is 1. The van der Waals surface area contributed by atoms with Crippen molar-refractivity contribution in [2.45, 2.75) is 25.4 Å². The van der Waals surface area contributed by atoms with E-state index in [1.807, 2.05) is 39.8 Å². The zero-order valence-corrected chi connectivity index (χ0v) is 14.6. The Morgan fingerprint density at radius 3 is 3.08 bits per heavy atom. The average Bonchev–Trinajstić information content (AvgIpc) is 3.29. The lowest BCUT2D eigenvalue weighted by Gasteiger charge is -2.22. The maximum Gasteiger partial charge on any atom is 0.272 e. The molecule has 1 amide bonds. The molecule has 8 heteroatoms. The van der Waals surface area contributed by atoms with Crippen molar-refractivity contribution in [2.24, 2.45) is 0 Å². The average molecular weight is 361 g/mol. The van der Waals surface area contributed by atoms with E-state index in [9.17, 15) is 4.79 Å². The van der Waals surface area contributed by atoms with E-state index in [0.717, 1.165) is 37.1 Å². The molecule has 1 fully saturated rings. The molecule has 1 aliphatic rings. The molecule has 7 nitrogen and oxygen atoms in total. The van der Waals surface area contributed by atoms with E-state index < -0.39 is 0 Å². The molecule has 1 atom stereocenters. The molecule has 132 valence electrons. The SMILES string of the molecule is Cl.O=C(NCc1ccn2ccnc2c1)c1ccn(C2CCCNC2)n1. The summed E-state index contributed by atoms with van der Waals surface area (Å²) in [5, 5.41) is 10.7. The topological polar surface area (TPSA) is 76.2 Å². The number of nitrogens with one attached hydrogen (secondary N) is 2. The van der Waals surface area contributed by atoms with Crippen molar-refractivity contribution in [3.8, 4) is 0 Å². The maximum atomic E-state index is 12.3. The molecule has 0 radical (unpaired) electrons. The van der Waals surface area contributed by atoms with Crippen molar-refractivity contribution in [3.63, 3.8) is 0 Å². The third-order valence-corrected chi connectivity index (χ3v) is 4.40. The van der Waals surface area contributed by atoms with E-state index in [0.29, 0.717) is 18.3 Å². The second kappa shape index (κ2) is 7.67. The summed E-state index contributed by atoms with van der Waals surface area (Å²) >= 11 is 0. The van der Waals surface area contributed by atoms with Gasteiger partial charge in [-0.05, 0) is 43.1 Å². The van der Waals surface area contributed by atoms with Gasteiger partial charge >= 0.3 is 0 Å². The van der Waals surface area contributed by atoms with Crippen LogP contribution in [0, 0.1) is 0 Å². The quantitative estimate of drug-likeness (QED) is 0.744. The van der Waals surface area contributed by atoms with E-state index in [2.05, 4.69) is 20.7 Å². The highest BCUT2D eigenvalue weighted by Gasteiger charge is 2.17. The van der Waals surface area contributed by atoms with Gasteiger partial charge in [-0.2, -0.15) is 5.10 Å². The molecule has 0 bridgehead atoms. The molecule has 0 spiro atoms. The Bertz CT molecular complexity index is 852. The van der Waals surface area contributed by atoms with Crippen molar-refractivity contribution in [2.75, 3.05) is 13.1 Å². The molecule has 1 unspecified atom stereocenters. The summed E-state index contributed by atoms with van der Waals surface area (Å²) in [6, 6.07) is 6.05. The molecular weight excluding hydrogens is 340 g/mol. The molecule has 0 aromatic carbocycles. The summed E-state index contributed by atoms with van der Waals surface area (Å²) in [7, 11) is 0. The number of imidazole rings is 1. The van der Waals surface area contributed by atoms with Gasteiger partial charge in [0.2, 0.25) is 0 Å². The number of carbonyl (C=O) groups excluding carboxylic acids is 1. The van der Waals surface area contributed by atoms with Crippen LogP contribution in [0.5, 0.6) is 0 Å². The molecular formula is C17H21ClN6O. The summed E-state index contributed by atoms with van der Waals surface area (Å²) in [5.41, 5.74) is 2.34. The Balaban J connectivity index is 0.00000182. The van der Waals surface area contributed by atoms with Gasteiger partial charge in [0.25, 0.3) is 5.91 Å². The fourth-order valence-corrected chi connectivity index (χ4v) is 3.06. The largest absolute Gasteiger partial charge is 0.347 e. The van der Waals surface area contributed by atoms with Crippen LogP contribution in [0.3, 0.4) is 0 Å². The number of rotatable bonds is 4. The van der Waals surface area contributed by atoms with Crippen molar-refractivity contribution >= 4 is 24.0 Å². The van der Waals surface area contributed by atoms with Crippen LogP contribution in [0.2, 0.25) is 0 Å². The van der Waals surface area contributed by atoms with E-state index in [1.54, 1.807) is 12.3 Å². The lowest BCUT2D eigenvalue weighted by atomic mass is 10.1. The zero-order valence-electron chi connectivity index (χ0n) is 13.8. The Kier molecular flexibility index (Phi) is 5.35. The number of hydrogen-bond acceptors (Lipinski definition) is 4. The predicted octanol–water partition coefficient (Wildman–Crippen LogP) is 1.81. The molecule has 2 N–H and O–H groups in total. The molecule has 3 aromatic rings. The van der Waals surface area contributed by atoms with Crippen molar-refractivity contribution in [1.82, 2.24) is 29.8 Å². The molecule has 25 heavy (non-hydrogen) atoms. The second-order valence-corrected chi connectivity index (χ2v) is 6.09. The molecule has 4 heterocycles. The van der Waals surface area contributed by atoms with Crippen LogP contribution in [-0.2, 0) is 6.54 Å². The van der Waals surface area contributed by atoms with Crippen LogP contribution in [0.4, 0.5) is 0 Å². The first-order valence-electron chi connectivity index (χ1n) is 8.25. The standard InChI is InChI=1S/C17H20N6O.ClH/c24-17(15-4-8-23(21-15)14-2-1-5-18-12-14)20-11-13-3-7-22-9-6-19-16(22)10-13;/h3-4,6-10,14,18H,1-2,5,11-12H2,(H,20,24);1H. The number of pyridine rings is 1. The Morgan fingerprint density at radius 2 is 2.24 bits per heavy atom. The van der Waals surface area contributed by atoms with E-state index in [1.165, 1.54) is 0 Å². The Morgan fingerprint density at radius 1 is 1.32 bits per heavy atom. The highest BCUT2D eigenvalue weighted by Crippen LogP contribution is 2.15. The van der Waals surface area contributed by atoms with Crippen molar-refractivity contribution in [3.05, 3.63) is 54.2 Å². The van der Waals surface area contributed by atoms with Gasteiger partial charge in [-0.25, -0.2) is 4.98 Å². The third-order valence-electron chi connectivity index (χ3n) is 4.40. The number of amides is 1. The predicted molar refractivity (Wildman–Crippen MR) is 97.0 cm³/mol. The van der Waals surface area contributed by atoms with E-state index in [4.69, 9.17) is 0 Å². The highest BCUT2D eigenvalue weighted by atomic mass is 35.5. The van der Waals surface area contributed by atoms with Crippen LogP contribution in [-0.4, -0.2) is 38.2 Å². The molecule has 0 aliphatic carbocycles. The first kappa shape index (κ1) is 17.4. The molecule has 3 aromatic heterocycles. The van der Waals surface area contributed by atoms with Crippen LogP contribution in [0.25, 0.3) is 5.65 Å². The summed E-state index contributed by atoms with van der Waals surface area (Å²) in [5.74, 6) is -0.152. The second-order valence-electron chi connectivity index (χ2n) is 6.09. The lowest BCUT2D eigenvalue weighted by molar-refractivity contribution is 0.0944. The fourth-order valence-electron chi connectivity index (χ4n) is 3.06. The highest BCUT2D eigenvalue weighted by molar-refractivity contribution is 5.92. The number of carbonyl (C=O) groups is 1. The summed E-state index contributed by atoms with van der Waals surface area (Å²) in [4.78, 5) is 16.6. The summed E-state index contributed by atoms with van der Waals surface area (Å²) in [6.45, 7) is 2.43. The summed E-state index contributed by atoms with van der Waals surface area (Å²) < 4.78 is 3.84. The van der Waals surface area contributed by atoms with Gasteiger partial charge < -0.3 is 15.0 Å². The smallest absolute Gasteiger partial charge is 0.272 e. The van der Waals surface area contributed by atoms with E-state index >= 15 is 0 Å². The van der Waals surface area contributed by atoms with Crippen LogP contribution in [0.1, 0.15) is 34.9 Å². The number of hydrogen-bond donors (Lipinski definition) is 2. The first-order valence-corrected chi connectivity index (χ1v) is 8.25. The normalized spacial score (nSPS) is 17.2. The van der Waals surface area contributed by atoms with Gasteiger partial charge in [-0.3, -0.25) is 9.48 Å². The summed E-state index contributed by atoms with van der Waals surface area (Å²) in [6.07, 6.45) is 9.72. The van der Waals surface area contributed by atoms with Gasteiger partial charge in [0.15, 0.2) is 0 Å². The minimum atomic E-state index is -0.152. The number of piperidine rings is 1. The van der Waals surface area contributed by atoms with Gasteiger partial charge in [0.05, 0.1) is 6.04 Å². The third kappa shape index (κ3) is 3.83. The number of aromatic nitrogens is 4. The minimum Gasteiger partial charge on any atom is -0.347 e. The lowest BCUT2D eigenvalue weighted by Crippen LogP contribution is -2.32. The van der Waals surface area contributed by atoms with Gasteiger partial charge in [0, 0.05) is 37.9 Å². The molecule has 0 saturated carbocycles. The minimum absolute atomic E-state index is 0. The van der Waals surface area contributed by atoms with Gasteiger partial charge in [0.1, 0.15) is 11.3 Å². The zero-order chi connectivity index (χ0) is 16.4. The van der Waals surface area contributed by atoms with Crippen molar-refractivity contribution in [1.29, 1.82) is 0 Å². The van der Waals surface area contributed by atoms with Gasteiger partial charge in [-0.1, -0.05) is 0 Å². The van der Waals surface area contributed by atoms with Crippen LogP contribution >= 0.6 is 12.4 Å². The molecule has 1 aliphatic heterocycles. The number of halogens is 1. The number of nitrogens with zero attached hydrogens (tertiary/aromatic N) is 4. The monoisotopic (exact) mass is 360 g/mol.